The Morgan fingerprint density at radius 3 is 3.21 bits per heavy atom. The van der Waals surface area contributed by atoms with Gasteiger partial charge in [0.25, 0.3) is 0 Å². The first-order valence-corrected chi connectivity index (χ1v) is 4.35. The van der Waals surface area contributed by atoms with Crippen molar-refractivity contribution in [2.45, 2.75) is 0 Å². The molecule has 72 valence electrons. The Bertz CT molecular complexity index is 386. The van der Waals surface area contributed by atoms with Crippen LogP contribution < -0.4 is 9.64 Å². The predicted molar refractivity (Wildman–Crippen MR) is 49.7 cm³/mol. The second-order valence-electron chi connectivity index (χ2n) is 3.04. The molecule has 0 bridgehead atoms. The molecule has 0 N–H and O–H groups in total. The molecule has 0 aliphatic carbocycles. The fourth-order valence-electron chi connectivity index (χ4n) is 1.50. The van der Waals surface area contributed by atoms with E-state index in [0.717, 1.165) is 0 Å². The molecule has 2 rings (SSSR count). The minimum Gasteiger partial charge on any atom is -0.490 e. The van der Waals surface area contributed by atoms with E-state index in [1.165, 1.54) is 12.1 Å². The van der Waals surface area contributed by atoms with Gasteiger partial charge in [0, 0.05) is 6.07 Å². The number of ether oxygens (including phenoxy) is 1. The molecule has 3 nitrogen and oxygen atoms in total. The zero-order valence-electron chi connectivity index (χ0n) is 7.53. The van der Waals surface area contributed by atoms with Crippen LogP contribution in [0.1, 0.15) is 0 Å². The van der Waals surface area contributed by atoms with Crippen LogP contribution in [0.15, 0.2) is 18.2 Å². The lowest BCUT2D eigenvalue weighted by molar-refractivity contribution is 0.309. The highest BCUT2D eigenvalue weighted by molar-refractivity contribution is 5.60. The summed E-state index contributed by atoms with van der Waals surface area (Å²) in [6.45, 7) is 1.43. The van der Waals surface area contributed by atoms with Crippen molar-refractivity contribution < 1.29 is 9.13 Å². The Morgan fingerprint density at radius 1 is 1.57 bits per heavy atom. The third-order valence-electron chi connectivity index (χ3n) is 2.14. The predicted octanol–water partition coefficient (Wildman–Crippen LogP) is 1.55. The summed E-state index contributed by atoms with van der Waals surface area (Å²) in [6.07, 6.45) is 0. The highest BCUT2D eigenvalue weighted by Crippen LogP contribution is 2.31. The van der Waals surface area contributed by atoms with E-state index in [0.29, 0.717) is 24.6 Å². The van der Waals surface area contributed by atoms with Gasteiger partial charge in [-0.1, -0.05) is 0 Å². The Balaban J connectivity index is 2.37. The molecule has 14 heavy (non-hydrogen) atoms. The second-order valence-corrected chi connectivity index (χ2v) is 3.04. The number of fused-ring (bicyclic) bond motifs is 1. The lowest BCUT2D eigenvalue weighted by Crippen LogP contribution is -2.32. The molecule has 0 unspecified atom stereocenters. The molecule has 0 radical (unpaired) electrons. The van der Waals surface area contributed by atoms with Crippen LogP contribution in [0.25, 0.3) is 0 Å². The molecule has 0 spiro atoms. The molecule has 0 aromatic heterocycles. The number of hydrogen-bond acceptors (Lipinski definition) is 3. The van der Waals surface area contributed by atoms with Crippen molar-refractivity contribution in [3.63, 3.8) is 0 Å². The van der Waals surface area contributed by atoms with Crippen molar-refractivity contribution in [3.05, 3.63) is 24.0 Å². The maximum atomic E-state index is 12.9. The average Bonchev–Trinajstić information content (AvgIpc) is 2.19. The molecule has 0 amide bonds. The van der Waals surface area contributed by atoms with E-state index in [4.69, 9.17) is 10.00 Å². The molecule has 1 aromatic carbocycles. The quantitative estimate of drug-likeness (QED) is 0.633. The van der Waals surface area contributed by atoms with Gasteiger partial charge in [0.05, 0.1) is 18.3 Å². The summed E-state index contributed by atoms with van der Waals surface area (Å²) in [5.41, 5.74) is 0.665. The molecule has 1 heterocycles. The number of rotatable bonds is 1. The second kappa shape index (κ2) is 3.54. The van der Waals surface area contributed by atoms with Crippen molar-refractivity contribution in [1.29, 1.82) is 5.26 Å². The van der Waals surface area contributed by atoms with Gasteiger partial charge in [-0.15, -0.1) is 0 Å². The first-order chi connectivity index (χ1) is 6.81. The van der Waals surface area contributed by atoms with E-state index in [-0.39, 0.29) is 12.4 Å². The largest absolute Gasteiger partial charge is 0.490 e. The van der Waals surface area contributed by atoms with Crippen molar-refractivity contribution in [2.24, 2.45) is 0 Å². The van der Waals surface area contributed by atoms with Gasteiger partial charge in [-0.3, -0.25) is 0 Å². The van der Waals surface area contributed by atoms with Crippen LogP contribution in [-0.4, -0.2) is 19.7 Å². The Morgan fingerprint density at radius 2 is 2.43 bits per heavy atom. The zero-order valence-corrected chi connectivity index (χ0v) is 7.53. The summed E-state index contributed by atoms with van der Waals surface area (Å²) in [5.74, 6) is 0.338. The van der Waals surface area contributed by atoms with Crippen LogP contribution in [-0.2, 0) is 0 Å². The Hall–Kier alpha value is -1.76. The third kappa shape index (κ3) is 1.49. The summed E-state index contributed by atoms with van der Waals surface area (Å²) >= 11 is 0. The monoisotopic (exact) mass is 192 g/mol. The molecule has 0 atom stereocenters. The van der Waals surface area contributed by atoms with Gasteiger partial charge in [0.15, 0.2) is 0 Å². The van der Waals surface area contributed by atoms with Crippen molar-refractivity contribution in [2.75, 3.05) is 24.6 Å². The van der Waals surface area contributed by atoms with Crippen LogP contribution >= 0.6 is 0 Å². The molecule has 1 aromatic rings. The smallest absolute Gasteiger partial charge is 0.142 e. The number of hydrogen-bond donors (Lipinski definition) is 0. The summed E-state index contributed by atoms with van der Waals surface area (Å²) in [6, 6.07) is 6.39. The van der Waals surface area contributed by atoms with Gasteiger partial charge in [0.2, 0.25) is 0 Å². The molecule has 4 heteroatoms. The van der Waals surface area contributed by atoms with Crippen LogP contribution in [0.2, 0.25) is 0 Å². The topological polar surface area (TPSA) is 36.3 Å². The maximum absolute atomic E-state index is 12.9. The normalized spacial score (nSPS) is 14.1. The lowest BCUT2D eigenvalue weighted by atomic mass is 10.2. The zero-order chi connectivity index (χ0) is 9.97. The molecule has 0 fully saturated rings. The van der Waals surface area contributed by atoms with E-state index in [1.807, 2.05) is 11.0 Å². The SMILES string of the molecule is N#CCN1CCOc2ccc(F)cc21. The van der Waals surface area contributed by atoms with Gasteiger partial charge in [-0.2, -0.15) is 5.26 Å². The summed E-state index contributed by atoms with van der Waals surface area (Å²) in [5, 5.41) is 8.59. The van der Waals surface area contributed by atoms with Crippen LogP contribution in [0, 0.1) is 17.1 Å². The Labute approximate surface area is 81.3 Å². The van der Waals surface area contributed by atoms with Crippen molar-refractivity contribution in [1.82, 2.24) is 0 Å². The third-order valence-corrected chi connectivity index (χ3v) is 2.14. The van der Waals surface area contributed by atoms with Crippen molar-refractivity contribution >= 4 is 5.69 Å². The number of nitriles is 1. The fraction of sp³-hybridized carbons (Fsp3) is 0.300. The van der Waals surface area contributed by atoms with Gasteiger partial charge in [-0.25, -0.2) is 4.39 Å². The summed E-state index contributed by atoms with van der Waals surface area (Å²) < 4.78 is 18.3. The van der Waals surface area contributed by atoms with E-state index in [9.17, 15) is 4.39 Å². The van der Waals surface area contributed by atoms with E-state index in [1.54, 1.807) is 6.07 Å². The van der Waals surface area contributed by atoms with Crippen LogP contribution in [0.5, 0.6) is 5.75 Å². The first-order valence-electron chi connectivity index (χ1n) is 4.35. The van der Waals surface area contributed by atoms with Crippen LogP contribution in [0.4, 0.5) is 10.1 Å². The first kappa shape index (κ1) is 8.82. The summed E-state index contributed by atoms with van der Waals surface area (Å²) in [4.78, 5) is 1.81. The average molecular weight is 192 g/mol. The minimum atomic E-state index is -0.308. The minimum absolute atomic E-state index is 0.264. The fourth-order valence-corrected chi connectivity index (χ4v) is 1.50. The van der Waals surface area contributed by atoms with Gasteiger partial charge in [-0.05, 0) is 12.1 Å². The van der Waals surface area contributed by atoms with E-state index >= 15 is 0 Å². The number of benzene rings is 1. The molecule has 0 saturated heterocycles. The highest BCUT2D eigenvalue weighted by atomic mass is 19.1. The van der Waals surface area contributed by atoms with Gasteiger partial charge in [0.1, 0.15) is 24.7 Å². The Kier molecular flexibility index (Phi) is 2.23. The molecule has 0 saturated carbocycles. The molecule has 1 aliphatic rings. The highest BCUT2D eigenvalue weighted by Gasteiger charge is 2.17. The van der Waals surface area contributed by atoms with Crippen LogP contribution in [0.3, 0.4) is 0 Å². The molecule has 1 aliphatic heterocycles. The van der Waals surface area contributed by atoms with Crippen molar-refractivity contribution in [3.8, 4) is 11.8 Å². The summed E-state index contributed by atoms with van der Waals surface area (Å²) in [7, 11) is 0. The maximum Gasteiger partial charge on any atom is 0.142 e. The number of nitrogens with zero attached hydrogens (tertiary/aromatic N) is 2. The number of halogens is 1. The number of anilines is 1. The van der Waals surface area contributed by atoms with Gasteiger partial charge >= 0.3 is 0 Å². The van der Waals surface area contributed by atoms with Gasteiger partial charge < -0.3 is 9.64 Å². The standard InChI is InChI=1S/C10H9FN2O/c11-8-1-2-10-9(7-8)13(4-3-12)5-6-14-10/h1-2,7H,4-6H2. The van der Waals surface area contributed by atoms with E-state index < -0.39 is 0 Å². The molecular weight excluding hydrogens is 183 g/mol. The molecular formula is C10H9FN2O. The lowest BCUT2D eigenvalue weighted by Gasteiger charge is -2.28. The van der Waals surface area contributed by atoms with E-state index in [2.05, 4.69) is 0 Å².